The lowest BCUT2D eigenvalue weighted by atomic mass is 10.2. The third-order valence-corrected chi connectivity index (χ3v) is 3.59. The normalized spacial score (nSPS) is 10.5. The van der Waals surface area contributed by atoms with Crippen molar-refractivity contribution < 1.29 is 14.3 Å². The predicted molar refractivity (Wildman–Crippen MR) is 95.8 cm³/mol. The van der Waals surface area contributed by atoms with Crippen molar-refractivity contribution in [1.82, 2.24) is 5.43 Å². The van der Waals surface area contributed by atoms with Crippen LogP contribution in [0, 0.1) is 0 Å². The number of carbonyl (C=O) groups excluding carboxylic acids is 1. The van der Waals surface area contributed by atoms with Crippen LogP contribution in [0.4, 0.5) is 10.5 Å². The van der Waals surface area contributed by atoms with Gasteiger partial charge in [0.2, 0.25) is 0 Å². The molecule has 2 N–H and O–H groups in total. The van der Waals surface area contributed by atoms with Crippen molar-refractivity contribution >= 4 is 41.1 Å². The molecule has 24 heavy (non-hydrogen) atoms. The maximum absolute atomic E-state index is 11.8. The quantitative estimate of drug-likeness (QED) is 0.615. The Hall–Kier alpha value is -2.44. The SMILES string of the molecule is COc1ccc(/C=N\NC(=O)Nc2cccc(Cl)c2)c(Cl)c1OC. The van der Waals surface area contributed by atoms with Crippen molar-refractivity contribution in [3.8, 4) is 11.5 Å². The highest BCUT2D eigenvalue weighted by Gasteiger charge is 2.11. The van der Waals surface area contributed by atoms with E-state index >= 15 is 0 Å². The number of nitrogens with one attached hydrogen (secondary N) is 2. The Morgan fingerprint density at radius 2 is 1.96 bits per heavy atom. The van der Waals surface area contributed by atoms with Gasteiger partial charge in [-0.15, -0.1) is 0 Å². The largest absolute Gasteiger partial charge is 0.493 e. The van der Waals surface area contributed by atoms with Gasteiger partial charge in [0.1, 0.15) is 0 Å². The highest BCUT2D eigenvalue weighted by atomic mass is 35.5. The maximum atomic E-state index is 11.8. The summed E-state index contributed by atoms with van der Waals surface area (Å²) in [5, 5.41) is 7.30. The highest BCUT2D eigenvalue weighted by Crippen LogP contribution is 2.36. The van der Waals surface area contributed by atoms with E-state index in [2.05, 4.69) is 15.8 Å². The minimum Gasteiger partial charge on any atom is -0.493 e. The zero-order valence-corrected chi connectivity index (χ0v) is 14.5. The van der Waals surface area contributed by atoms with Crippen molar-refractivity contribution in [3.63, 3.8) is 0 Å². The van der Waals surface area contributed by atoms with Gasteiger partial charge in [0.05, 0.1) is 25.5 Å². The maximum Gasteiger partial charge on any atom is 0.339 e. The number of amides is 2. The van der Waals surface area contributed by atoms with Crippen LogP contribution in [0.5, 0.6) is 11.5 Å². The molecule has 0 radical (unpaired) electrons. The molecule has 0 fully saturated rings. The van der Waals surface area contributed by atoms with Crippen molar-refractivity contribution in [2.24, 2.45) is 5.10 Å². The molecule has 2 aromatic carbocycles. The minimum absolute atomic E-state index is 0.331. The lowest BCUT2D eigenvalue weighted by Crippen LogP contribution is -2.24. The molecule has 2 amide bonds. The molecule has 6 nitrogen and oxygen atoms in total. The number of hydrazone groups is 1. The molecule has 126 valence electrons. The molecule has 0 aliphatic heterocycles. The number of anilines is 1. The molecule has 0 bridgehead atoms. The molecule has 0 unspecified atom stereocenters. The number of halogens is 2. The Balaban J connectivity index is 2.02. The van der Waals surface area contributed by atoms with Crippen LogP contribution >= 0.6 is 23.2 Å². The monoisotopic (exact) mass is 367 g/mol. The zero-order chi connectivity index (χ0) is 17.5. The first-order valence-corrected chi connectivity index (χ1v) is 7.57. The van der Waals surface area contributed by atoms with Gasteiger partial charge in [-0.05, 0) is 30.3 Å². The first-order valence-electron chi connectivity index (χ1n) is 6.81. The first-order chi connectivity index (χ1) is 11.5. The Bertz CT molecular complexity index is 766. The molecule has 2 aromatic rings. The van der Waals surface area contributed by atoms with Gasteiger partial charge in [-0.2, -0.15) is 5.10 Å². The second-order valence-electron chi connectivity index (χ2n) is 4.54. The molecule has 0 heterocycles. The second-order valence-corrected chi connectivity index (χ2v) is 5.35. The Kier molecular flexibility index (Phi) is 6.28. The Morgan fingerprint density at radius 3 is 2.62 bits per heavy atom. The van der Waals surface area contributed by atoms with Gasteiger partial charge in [0.25, 0.3) is 0 Å². The third-order valence-electron chi connectivity index (χ3n) is 2.97. The number of hydrogen-bond acceptors (Lipinski definition) is 4. The van der Waals surface area contributed by atoms with Gasteiger partial charge >= 0.3 is 6.03 Å². The van der Waals surface area contributed by atoms with Crippen LogP contribution < -0.4 is 20.2 Å². The number of hydrogen-bond donors (Lipinski definition) is 2. The molecule has 0 aromatic heterocycles. The van der Waals surface area contributed by atoms with Gasteiger partial charge in [0, 0.05) is 16.3 Å². The summed E-state index contributed by atoms with van der Waals surface area (Å²) >= 11 is 12.1. The summed E-state index contributed by atoms with van der Waals surface area (Å²) in [6.45, 7) is 0. The summed E-state index contributed by atoms with van der Waals surface area (Å²) < 4.78 is 10.3. The molecule has 0 atom stereocenters. The topological polar surface area (TPSA) is 72.0 Å². The van der Waals surface area contributed by atoms with E-state index in [0.717, 1.165) is 0 Å². The van der Waals surface area contributed by atoms with E-state index < -0.39 is 6.03 Å². The Morgan fingerprint density at radius 1 is 1.17 bits per heavy atom. The van der Waals surface area contributed by atoms with Crippen molar-refractivity contribution in [1.29, 1.82) is 0 Å². The number of nitrogens with zero attached hydrogens (tertiary/aromatic N) is 1. The van der Waals surface area contributed by atoms with Gasteiger partial charge in [-0.1, -0.05) is 29.3 Å². The average molecular weight is 368 g/mol. The highest BCUT2D eigenvalue weighted by molar-refractivity contribution is 6.34. The lowest BCUT2D eigenvalue weighted by molar-refractivity contribution is 0.252. The van der Waals surface area contributed by atoms with E-state index in [0.29, 0.717) is 32.8 Å². The summed E-state index contributed by atoms with van der Waals surface area (Å²) in [4.78, 5) is 11.8. The van der Waals surface area contributed by atoms with Crippen LogP contribution in [0.3, 0.4) is 0 Å². The average Bonchev–Trinajstić information content (AvgIpc) is 2.56. The van der Waals surface area contributed by atoms with Crippen LogP contribution in [0.15, 0.2) is 41.5 Å². The van der Waals surface area contributed by atoms with Crippen LogP contribution in [-0.4, -0.2) is 26.5 Å². The zero-order valence-electron chi connectivity index (χ0n) is 13.0. The fourth-order valence-electron chi connectivity index (χ4n) is 1.89. The number of rotatable bonds is 5. The minimum atomic E-state index is -0.509. The van der Waals surface area contributed by atoms with Gasteiger partial charge in [0.15, 0.2) is 11.5 Å². The summed E-state index contributed by atoms with van der Waals surface area (Å²) in [6, 6.07) is 9.65. The van der Waals surface area contributed by atoms with Gasteiger partial charge in [-0.3, -0.25) is 0 Å². The van der Waals surface area contributed by atoms with Crippen molar-refractivity contribution in [3.05, 3.63) is 52.0 Å². The fourth-order valence-corrected chi connectivity index (χ4v) is 2.36. The molecule has 2 rings (SSSR count). The van der Waals surface area contributed by atoms with E-state index in [9.17, 15) is 4.79 Å². The van der Waals surface area contributed by atoms with E-state index in [1.807, 2.05) is 0 Å². The summed E-state index contributed by atoms with van der Waals surface area (Å²) in [7, 11) is 3.00. The molecule has 0 spiro atoms. The van der Waals surface area contributed by atoms with E-state index in [-0.39, 0.29) is 0 Å². The molecule has 0 aliphatic carbocycles. The molecule has 0 saturated carbocycles. The van der Waals surface area contributed by atoms with Crippen LogP contribution in [0.25, 0.3) is 0 Å². The van der Waals surface area contributed by atoms with Crippen LogP contribution in [-0.2, 0) is 0 Å². The van der Waals surface area contributed by atoms with E-state index in [1.54, 1.807) is 36.4 Å². The van der Waals surface area contributed by atoms with Gasteiger partial charge < -0.3 is 14.8 Å². The van der Waals surface area contributed by atoms with E-state index in [4.69, 9.17) is 32.7 Å². The van der Waals surface area contributed by atoms with Crippen LogP contribution in [0.2, 0.25) is 10.0 Å². The number of ether oxygens (including phenoxy) is 2. The first kappa shape index (κ1) is 17.9. The molecule has 0 saturated heterocycles. The number of carbonyl (C=O) groups is 1. The number of methoxy groups -OCH3 is 2. The molecule has 8 heteroatoms. The third kappa shape index (κ3) is 4.53. The standard InChI is InChI=1S/C16H15Cl2N3O3/c1-23-13-7-6-10(14(18)15(13)24-2)9-19-21-16(22)20-12-5-3-4-11(17)8-12/h3-9H,1-2H3,(H2,20,21,22)/b19-9-. The predicted octanol–water partition coefficient (Wildman–Crippen LogP) is 4.17. The van der Waals surface area contributed by atoms with Crippen molar-refractivity contribution in [2.45, 2.75) is 0 Å². The number of benzene rings is 2. The smallest absolute Gasteiger partial charge is 0.339 e. The van der Waals surface area contributed by atoms with Crippen molar-refractivity contribution in [2.75, 3.05) is 19.5 Å². The molecular weight excluding hydrogens is 353 g/mol. The van der Waals surface area contributed by atoms with Gasteiger partial charge in [-0.25, -0.2) is 10.2 Å². The summed E-state index contributed by atoms with van der Waals surface area (Å²) in [6.07, 6.45) is 1.40. The fraction of sp³-hybridized carbons (Fsp3) is 0.125. The van der Waals surface area contributed by atoms with E-state index in [1.165, 1.54) is 20.4 Å². The summed E-state index contributed by atoms with van der Waals surface area (Å²) in [5.41, 5.74) is 3.46. The summed E-state index contributed by atoms with van der Waals surface area (Å²) in [5.74, 6) is 0.901. The molecular formula is C16H15Cl2N3O3. The lowest BCUT2D eigenvalue weighted by Gasteiger charge is -2.10. The molecule has 0 aliphatic rings. The number of urea groups is 1. The van der Waals surface area contributed by atoms with Crippen LogP contribution in [0.1, 0.15) is 5.56 Å². The second kappa shape index (κ2) is 8.42. The Labute approximate surface area is 149 Å².